The van der Waals surface area contributed by atoms with E-state index in [9.17, 15) is 4.79 Å². The Morgan fingerprint density at radius 2 is 1.96 bits per heavy atom. The van der Waals surface area contributed by atoms with Gasteiger partial charge in [-0.15, -0.1) is 16.8 Å². The molecule has 5 nitrogen and oxygen atoms in total. The van der Waals surface area contributed by atoms with Crippen LogP contribution in [0.3, 0.4) is 0 Å². The molecule has 1 aromatic rings. The molecule has 4 bridgehead atoms. The Bertz CT molecular complexity index is 624. The van der Waals surface area contributed by atoms with Crippen molar-refractivity contribution in [3.63, 3.8) is 0 Å². The summed E-state index contributed by atoms with van der Waals surface area (Å²) >= 11 is 2.99. The Labute approximate surface area is 157 Å². The lowest BCUT2D eigenvalue weighted by Gasteiger charge is -2.57. The third-order valence-corrected chi connectivity index (χ3v) is 7.94. The van der Waals surface area contributed by atoms with Crippen LogP contribution in [0.15, 0.2) is 17.0 Å². The first kappa shape index (κ1) is 17.3. The number of nitrogens with one attached hydrogen (secondary N) is 2. The van der Waals surface area contributed by atoms with Crippen molar-refractivity contribution in [2.24, 2.45) is 17.8 Å². The van der Waals surface area contributed by atoms with Crippen LogP contribution in [-0.4, -0.2) is 33.4 Å². The molecule has 0 saturated heterocycles. The minimum absolute atomic E-state index is 0.0818. The van der Waals surface area contributed by atoms with E-state index >= 15 is 0 Å². The third-order valence-electron chi connectivity index (χ3n) is 5.88. The Balaban J connectivity index is 1.35. The Morgan fingerprint density at radius 1 is 1.32 bits per heavy atom. The van der Waals surface area contributed by atoms with E-state index in [1.54, 1.807) is 6.08 Å². The predicted octanol–water partition coefficient (Wildman–Crippen LogP) is 3.70. The maximum absolute atomic E-state index is 12.8. The summed E-state index contributed by atoms with van der Waals surface area (Å²) < 4.78 is 0.833. The fourth-order valence-corrected chi connectivity index (χ4v) is 7.22. The number of amides is 1. The molecular formula is C18H26N4OS2. The minimum atomic E-state index is -0.145. The van der Waals surface area contributed by atoms with Gasteiger partial charge in [-0.1, -0.05) is 29.2 Å². The first-order valence-electron chi connectivity index (χ1n) is 9.22. The fourth-order valence-electron chi connectivity index (χ4n) is 5.32. The van der Waals surface area contributed by atoms with Crippen molar-refractivity contribution in [1.82, 2.24) is 15.5 Å². The van der Waals surface area contributed by atoms with Gasteiger partial charge < -0.3 is 10.6 Å². The molecule has 0 aromatic carbocycles. The molecule has 0 aliphatic heterocycles. The third kappa shape index (κ3) is 3.72. The van der Waals surface area contributed by atoms with Crippen molar-refractivity contribution >= 4 is 34.1 Å². The first-order chi connectivity index (χ1) is 12.0. The summed E-state index contributed by atoms with van der Waals surface area (Å²) in [4.78, 5) is 12.8. The highest BCUT2D eigenvalue weighted by Crippen LogP contribution is 2.55. The van der Waals surface area contributed by atoms with E-state index in [1.165, 1.54) is 61.6 Å². The normalized spacial score (nSPS) is 33.9. The average Bonchev–Trinajstić information content (AvgIpc) is 2.98. The van der Waals surface area contributed by atoms with Crippen LogP contribution < -0.4 is 10.6 Å². The topological polar surface area (TPSA) is 66.9 Å². The summed E-state index contributed by atoms with van der Waals surface area (Å²) in [5.41, 5.74) is 0.0818. The second-order valence-corrected chi connectivity index (χ2v) is 10.6. The number of nitrogens with zero attached hydrogens (tertiary/aromatic N) is 2. The highest BCUT2D eigenvalue weighted by atomic mass is 32.2. The van der Waals surface area contributed by atoms with Crippen LogP contribution in [-0.2, 0) is 4.79 Å². The number of hydrogen-bond acceptors (Lipinski definition) is 6. The number of aromatic nitrogens is 2. The summed E-state index contributed by atoms with van der Waals surface area (Å²) in [5, 5.41) is 15.5. The molecule has 4 saturated carbocycles. The Hall–Kier alpha value is -1.08. The molecule has 25 heavy (non-hydrogen) atoms. The highest BCUT2D eigenvalue weighted by molar-refractivity contribution is 8.02. The van der Waals surface area contributed by atoms with Crippen molar-refractivity contribution < 1.29 is 4.79 Å². The molecular weight excluding hydrogens is 352 g/mol. The van der Waals surface area contributed by atoms with Gasteiger partial charge in [0.15, 0.2) is 4.34 Å². The molecule has 4 fully saturated rings. The van der Waals surface area contributed by atoms with Crippen LogP contribution >= 0.6 is 23.1 Å². The fraction of sp³-hybridized carbons (Fsp3) is 0.722. The van der Waals surface area contributed by atoms with E-state index in [2.05, 4.69) is 27.4 Å². The number of hydrogen-bond donors (Lipinski definition) is 2. The highest BCUT2D eigenvalue weighted by Gasteiger charge is 2.51. The number of carbonyl (C=O) groups is 1. The standard InChI is InChI=1S/C18H26N4OS2/c1-3-4-19-16-21-22-17(25-16)24-11(2)15(23)20-18-8-12-5-13(9-18)7-14(6-12)10-18/h3,11-14H,1,4-10H2,2H3,(H,19,21)(H,20,23). The summed E-state index contributed by atoms with van der Waals surface area (Å²) in [6, 6.07) is 0. The van der Waals surface area contributed by atoms with Crippen molar-refractivity contribution in [3.05, 3.63) is 12.7 Å². The smallest absolute Gasteiger partial charge is 0.233 e. The number of thioether (sulfide) groups is 1. The summed E-state index contributed by atoms with van der Waals surface area (Å²) in [5.74, 6) is 2.69. The quantitative estimate of drug-likeness (QED) is 0.559. The van der Waals surface area contributed by atoms with Gasteiger partial charge in [0, 0.05) is 12.1 Å². The van der Waals surface area contributed by atoms with Crippen LogP contribution in [0.5, 0.6) is 0 Å². The molecule has 1 amide bonds. The van der Waals surface area contributed by atoms with Crippen molar-refractivity contribution in [1.29, 1.82) is 0 Å². The molecule has 4 aliphatic rings. The van der Waals surface area contributed by atoms with Crippen LogP contribution in [0.1, 0.15) is 45.4 Å². The van der Waals surface area contributed by atoms with Crippen molar-refractivity contribution in [2.75, 3.05) is 11.9 Å². The molecule has 5 rings (SSSR count). The predicted molar refractivity (Wildman–Crippen MR) is 103 cm³/mol. The molecule has 0 radical (unpaired) electrons. The summed E-state index contributed by atoms with van der Waals surface area (Å²) in [7, 11) is 0. The second kappa shape index (κ2) is 6.91. The average molecular weight is 379 g/mol. The van der Waals surface area contributed by atoms with Gasteiger partial charge >= 0.3 is 0 Å². The van der Waals surface area contributed by atoms with Crippen LogP contribution in [0, 0.1) is 17.8 Å². The molecule has 136 valence electrons. The molecule has 1 unspecified atom stereocenters. The van der Waals surface area contributed by atoms with E-state index in [1.807, 2.05) is 6.92 Å². The van der Waals surface area contributed by atoms with E-state index < -0.39 is 0 Å². The van der Waals surface area contributed by atoms with Gasteiger partial charge in [-0.3, -0.25) is 4.79 Å². The zero-order chi connectivity index (χ0) is 17.4. The first-order valence-corrected chi connectivity index (χ1v) is 10.9. The molecule has 4 aliphatic carbocycles. The van der Waals surface area contributed by atoms with Crippen LogP contribution in [0.4, 0.5) is 5.13 Å². The van der Waals surface area contributed by atoms with Gasteiger partial charge in [-0.05, 0) is 63.2 Å². The van der Waals surface area contributed by atoms with Crippen LogP contribution in [0.25, 0.3) is 0 Å². The van der Waals surface area contributed by atoms with Crippen molar-refractivity contribution in [2.45, 2.75) is 60.6 Å². The lowest BCUT2D eigenvalue weighted by atomic mass is 9.53. The lowest BCUT2D eigenvalue weighted by molar-refractivity contribution is -0.126. The van der Waals surface area contributed by atoms with Gasteiger partial charge in [-0.2, -0.15) is 0 Å². The molecule has 0 spiro atoms. The lowest BCUT2D eigenvalue weighted by Crippen LogP contribution is -2.60. The van der Waals surface area contributed by atoms with E-state index in [0.717, 1.165) is 27.2 Å². The van der Waals surface area contributed by atoms with E-state index in [4.69, 9.17) is 0 Å². The van der Waals surface area contributed by atoms with Gasteiger partial charge in [0.25, 0.3) is 0 Å². The monoisotopic (exact) mass is 378 g/mol. The van der Waals surface area contributed by atoms with Crippen LogP contribution in [0.2, 0.25) is 0 Å². The van der Waals surface area contributed by atoms with Gasteiger partial charge in [-0.25, -0.2) is 0 Å². The summed E-state index contributed by atoms with van der Waals surface area (Å²) in [6.07, 6.45) is 9.54. The molecule has 2 N–H and O–H groups in total. The Kier molecular flexibility index (Phi) is 4.79. The summed E-state index contributed by atoms with van der Waals surface area (Å²) in [6.45, 7) is 6.32. The van der Waals surface area contributed by atoms with E-state index in [0.29, 0.717) is 6.54 Å². The maximum atomic E-state index is 12.8. The van der Waals surface area contributed by atoms with Gasteiger partial charge in [0.2, 0.25) is 11.0 Å². The minimum Gasteiger partial charge on any atom is -0.357 e. The molecule has 1 heterocycles. The molecule has 7 heteroatoms. The zero-order valence-electron chi connectivity index (χ0n) is 14.7. The van der Waals surface area contributed by atoms with E-state index in [-0.39, 0.29) is 16.7 Å². The molecule has 1 aromatic heterocycles. The number of carbonyl (C=O) groups excluding carboxylic acids is 1. The SMILES string of the molecule is C=CCNc1nnc(SC(C)C(=O)NC23CC4CC(CC(C4)C2)C3)s1. The second-order valence-electron chi connectivity index (χ2n) is 7.99. The number of anilines is 1. The largest absolute Gasteiger partial charge is 0.357 e. The van der Waals surface area contributed by atoms with Crippen molar-refractivity contribution in [3.8, 4) is 0 Å². The van der Waals surface area contributed by atoms with Gasteiger partial charge in [0.05, 0.1) is 5.25 Å². The molecule has 1 atom stereocenters. The van der Waals surface area contributed by atoms with Gasteiger partial charge in [0.1, 0.15) is 0 Å². The number of rotatable bonds is 7. The Morgan fingerprint density at radius 3 is 2.56 bits per heavy atom. The zero-order valence-corrected chi connectivity index (χ0v) is 16.3. The maximum Gasteiger partial charge on any atom is 0.233 e.